The minimum absolute atomic E-state index is 0.0263. The maximum absolute atomic E-state index is 12.9. The standard InChI is InChI=1S/C59H82N6O7S3/c1-4-7-10-13-16-19-22-26-52-60-63-56(73-52)45-30-36-49(37-31-45)70-59(42-25-29-55(68)69-44-48(67)43-66,71-50-38-32-46(33-39-50)57-64-61-53(74-57)27-23-20-17-14-11-8-5-2)72-51-40-34-47(35-41-51)58-65-62-54(75-58)28-24-21-18-15-12-9-6-3/h30-41,48,66-67H,4-29,42-44H2,1-3H3. The Morgan fingerprint density at radius 2 is 0.787 bits per heavy atom. The van der Waals surface area contributed by atoms with Gasteiger partial charge in [-0.2, -0.15) is 0 Å². The smallest absolute Gasteiger partial charge is 0.417 e. The van der Waals surface area contributed by atoms with Crippen LogP contribution in [0, 0.1) is 0 Å². The highest BCUT2D eigenvalue weighted by Crippen LogP contribution is 2.36. The number of aliphatic hydroxyl groups is 2. The van der Waals surface area contributed by atoms with Gasteiger partial charge < -0.3 is 29.2 Å². The van der Waals surface area contributed by atoms with E-state index in [-0.39, 0.29) is 25.9 Å². The van der Waals surface area contributed by atoms with E-state index in [0.717, 1.165) is 85.3 Å². The van der Waals surface area contributed by atoms with Crippen LogP contribution in [0.1, 0.15) is 190 Å². The Morgan fingerprint density at radius 1 is 0.467 bits per heavy atom. The van der Waals surface area contributed by atoms with Crippen molar-refractivity contribution in [2.45, 2.75) is 206 Å². The van der Waals surface area contributed by atoms with Crippen LogP contribution in [0.5, 0.6) is 17.2 Å². The first kappa shape index (κ1) is 59.4. The van der Waals surface area contributed by atoms with Gasteiger partial charge in [0.25, 0.3) is 0 Å². The van der Waals surface area contributed by atoms with Gasteiger partial charge in [-0.3, -0.25) is 4.79 Å². The van der Waals surface area contributed by atoms with Gasteiger partial charge in [-0.25, -0.2) is 0 Å². The van der Waals surface area contributed by atoms with E-state index >= 15 is 0 Å². The largest absolute Gasteiger partial charge is 0.463 e. The Bertz CT molecular complexity index is 2220. The third-order valence-electron chi connectivity index (χ3n) is 13.0. The molecule has 0 radical (unpaired) electrons. The van der Waals surface area contributed by atoms with Crippen molar-refractivity contribution in [3.8, 4) is 49.0 Å². The molecule has 0 saturated heterocycles. The van der Waals surface area contributed by atoms with Crippen LogP contribution in [0.15, 0.2) is 72.8 Å². The van der Waals surface area contributed by atoms with E-state index in [1.165, 1.54) is 116 Å². The third kappa shape index (κ3) is 21.6. The minimum Gasteiger partial charge on any atom is -0.463 e. The third-order valence-corrected chi connectivity index (χ3v) is 16.1. The maximum atomic E-state index is 12.9. The molecule has 0 aliphatic rings. The van der Waals surface area contributed by atoms with Crippen molar-refractivity contribution in [3.63, 3.8) is 0 Å². The molecule has 0 bridgehead atoms. The summed E-state index contributed by atoms with van der Waals surface area (Å²) in [5.74, 6) is -0.917. The number of carbonyl (C=O) groups excluding carboxylic acids is 1. The van der Waals surface area contributed by atoms with E-state index in [1.807, 2.05) is 72.8 Å². The Morgan fingerprint density at radius 3 is 1.11 bits per heavy atom. The zero-order valence-electron chi connectivity index (χ0n) is 44.9. The second-order valence-electron chi connectivity index (χ2n) is 19.6. The molecule has 0 saturated carbocycles. The zero-order chi connectivity index (χ0) is 52.8. The summed E-state index contributed by atoms with van der Waals surface area (Å²) >= 11 is 4.85. The fourth-order valence-corrected chi connectivity index (χ4v) is 11.3. The van der Waals surface area contributed by atoms with Gasteiger partial charge in [0.15, 0.2) is 0 Å². The van der Waals surface area contributed by atoms with Gasteiger partial charge >= 0.3 is 11.9 Å². The summed E-state index contributed by atoms with van der Waals surface area (Å²) in [6.45, 7) is 5.91. The summed E-state index contributed by atoms with van der Waals surface area (Å²) in [4.78, 5) is 12.9. The van der Waals surface area contributed by atoms with Gasteiger partial charge in [-0.15, -0.1) is 30.6 Å². The monoisotopic (exact) mass is 1080 g/mol. The molecular weight excluding hydrogens is 1000 g/mol. The van der Waals surface area contributed by atoms with Crippen molar-refractivity contribution in [1.29, 1.82) is 0 Å². The van der Waals surface area contributed by atoms with Crippen molar-refractivity contribution in [3.05, 3.63) is 87.8 Å². The fourth-order valence-electron chi connectivity index (χ4n) is 8.63. The lowest BCUT2D eigenvalue weighted by atomic mass is 10.1. The van der Waals surface area contributed by atoms with Crippen LogP contribution >= 0.6 is 34.0 Å². The van der Waals surface area contributed by atoms with E-state index in [2.05, 4.69) is 51.4 Å². The molecule has 2 N–H and O–H groups in total. The summed E-state index contributed by atoms with van der Waals surface area (Å²) in [7, 11) is 0. The van der Waals surface area contributed by atoms with Crippen molar-refractivity contribution in [1.82, 2.24) is 30.6 Å². The van der Waals surface area contributed by atoms with E-state index < -0.39 is 24.7 Å². The van der Waals surface area contributed by atoms with Crippen LogP contribution in [-0.4, -0.2) is 72.1 Å². The summed E-state index contributed by atoms with van der Waals surface area (Å²) in [6, 6.07) is 22.9. The Labute approximate surface area is 458 Å². The Balaban J connectivity index is 1.21. The summed E-state index contributed by atoms with van der Waals surface area (Å²) in [5, 5.41) is 51.9. The van der Waals surface area contributed by atoms with Crippen LogP contribution in [0.2, 0.25) is 0 Å². The van der Waals surface area contributed by atoms with Crippen molar-refractivity contribution in [2.75, 3.05) is 13.2 Å². The second kappa shape index (κ2) is 34.0. The summed E-state index contributed by atoms with van der Waals surface area (Å²) in [5.41, 5.74) is 2.75. The van der Waals surface area contributed by atoms with E-state index in [1.54, 1.807) is 34.0 Å². The maximum Gasteiger partial charge on any atom is 0.417 e. The normalized spacial score (nSPS) is 12.0. The van der Waals surface area contributed by atoms with Crippen LogP contribution in [0.3, 0.4) is 0 Å². The molecule has 3 aromatic heterocycles. The molecule has 3 aromatic carbocycles. The van der Waals surface area contributed by atoms with Crippen molar-refractivity contribution < 1.29 is 34.0 Å². The molecule has 0 aliphatic carbocycles. The summed E-state index contributed by atoms with van der Waals surface area (Å²) in [6.07, 6.45) is 28.1. The van der Waals surface area contributed by atoms with Crippen LogP contribution in [-0.2, 0) is 28.8 Å². The van der Waals surface area contributed by atoms with Crippen molar-refractivity contribution >= 4 is 40.0 Å². The number of unbranched alkanes of at least 4 members (excludes halogenated alkanes) is 18. The molecule has 1 unspecified atom stereocenters. The number of aryl methyl sites for hydroxylation is 3. The molecule has 6 aromatic rings. The molecule has 75 heavy (non-hydrogen) atoms. The zero-order valence-corrected chi connectivity index (χ0v) is 47.3. The molecule has 16 heteroatoms. The molecule has 3 heterocycles. The summed E-state index contributed by atoms with van der Waals surface area (Å²) < 4.78 is 25.8. The molecule has 6 rings (SSSR count). The van der Waals surface area contributed by atoms with Crippen LogP contribution in [0.25, 0.3) is 31.7 Å². The van der Waals surface area contributed by atoms with Crippen LogP contribution in [0.4, 0.5) is 0 Å². The van der Waals surface area contributed by atoms with E-state index in [4.69, 9.17) is 18.9 Å². The molecule has 0 aliphatic heterocycles. The number of aliphatic hydroxyl groups excluding tert-OH is 2. The second-order valence-corrected chi connectivity index (χ2v) is 22.7. The molecule has 13 nitrogen and oxygen atoms in total. The molecule has 408 valence electrons. The lowest BCUT2D eigenvalue weighted by Gasteiger charge is -2.34. The van der Waals surface area contributed by atoms with Gasteiger partial charge in [-0.1, -0.05) is 170 Å². The lowest BCUT2D eigenvalue weighted by molar-refractivity contribution is -0.257. The highest BCUT2D eigenvalue weighted by molar-refractivity contribution is 7.15. The van der Waals surface area contributed by atoms with E-state index in [9.17, 15) is 15.0 Å². The molecule has 1 atom stereocenters. The Kier molecular flexibility index (Phi) is 26.9. The molecule has 0 amide bonds. The number of hydrogen-bond donors (Lipinski definition) is 2. The van der Waals surface area contributed by atoms with E-state index in [0.29, 0.717) is 17.2 Å². The number of carbonyl (C=O) groups is 1. The van der Waals surface area contributed by atoms with Gasteiger partial charge in [0.1, 0.15) is 60.0 Å². The van der Waals surface area contributed by atoms with Gasteiger partial charge in [0.05, 0.1) is 13.0 Å². The predicted octanol–water partition coefficient (Wildman–Crippen LogP) is 15.4. The number of aromatic nitrogens is 6. The quantitative estimate of drug-likeness (QED) is 0.0212. The number of esters is 1. The molecule has 0 fully saturated rings. The highest BCUT2D eigenvalue weighted by atomic mass is 32.1. The average molecular weight is 1080 g/mol. The number of benzene rings is 3. The van der Waals surface area contributed by atoms with Gasteiger partial charge in [0, 0.05) is 42.4 Å². The molecular formula is C59H82N6O7S3. The Hall–Kier alpha value is -4.87. The highest BCUT2D eigenvalue weighted by Gasteiger charge is 2.39. The molecule has 0 spiro atoms. The lowest BCUT2D eigenvalue weighted by Crippen LogP contribution is -2.48. The fraction of sp³-hybridized carbons (Fsp3) is 0.576. The topological polar surface area (TPSA) is 172 Å². The van der Waals surface area contributed by atoms with Crippen molar-refractivity contribution in [2.24, 2.45) is 0 Å². The number of rotatable bonds is 40. The van der Waals surface area contributed by atoms with Gasteiger partial charge in [-0.05, 0) is 98.5 Å². The number of hydrogen-bond acceptors (Lipinski definition) is 16. The van der Waals surface area contributed by atoms with Crippen LogP contribution < -0.4 is 14.2 Å². The average Bonchev–Trinajstić information content (AvgIpc) is 4.23. The van der Waals surface area contributed by atoms with Gasteiger partial charge in [0.2, 0.25) is 0 Å². The first-order valence-electron chi connectivity index (χ1n) is 28.1. The first-order valence-corrected chi connectivity index (χ1v) is 30.5. The number of ether oxygens (including phenoxy) is 4. The number of nitrogens with zero attached hydrogens (tertiary/aromatic N) is 6. The first-order chi connectivity index (χ1) is 36.8. The minimum atomic E-state index is -1.79. The predicted molar refractivity (Wildman–Crippen MR) is 304 cm³/mol. The SMILES string of the molecule is CCCCCCCCCc1nnc(-c2ccc(OC(CCCC(=O)OCC(O)CO)(Oc3ccc(-c4nnc(CCCCCCCCC)s4)cc3)Oc3ccc(-c4nnc(CCCCCCCCC)s4)cc3)cc2)s1.